The molecule has 0 saturated heterocycles. The average molecular weight is 404 g/mol. The number of nitrogen functional groups attached to an aromatic ring is 1. The number of nitrogens with two attached hydrogens (primary N) is 1. The van der Waals surface area contributed by atoms with Crippen molar-refractivity contribution in [3.05, 3.63) is 77.6 Å². The molecule has 1 aliphatic rings. The lowest BCUT2D eigenvalue weighted by atomic mass is 10.0. The van der Waals surface area contributed by atoms with Gasteiger partial charge in [-0.05, 0) is 60.7 Å². The fraction of sp³-hybridized carbons (Fsp3) is 0.0455. The second-order valence-electron chi connectivity index (χ2n) is 6.76. The van der Waals surface area contributed by atoms with Crippen molar-refractivity contribution >= 4 is 46.5 Å². The molecule has 0 aliphatic carbocycles. The first-order valence-corrected chi connectivity index (χ1v) is 9.02. The lowest BCUT2D eigenvalue weighted by molar-refractivity contribution is -0.116. The number of carboxylic acids is 1. The molecule has 8 heteroatoms. The van der Waals surface area contributed by atoms with Gasteiger partial charge in [-0.15, -0.1) is 0 Å². The zero-order chi connectivity index (χ0) is 21.4. The molecule has 1 amide bonds. The summed E-state index contributed by atoms with van der Waals surface area (Å²) in [6.45, 7) is -0.0271. The zero-order valence-corrected chi connectivity index (χ0v) is 15.7. The fourth-order valence-electron chi connectivity index (χ4n) is 3.44. The number of hydrogen-bond acceptors (Lipinski definition) is 5. The second-order valence-corrected chi connectivity index (χ2v) is 6.76. The summed E-state index contributed by atoms with van der Waals surface area (Å²) in [5.41, 5.74) is 9.21. The summed E-state index contributed by atoms with van der Waals surface area (Å²) in [7, 11) is 0. The van der Waals surface area contributed by atoms with E-state index >= 15 is 0 Å². The van der Waals surface area contributed by atoms with Crippen LogP contribution in [0.2, 0.25) is 0 Å². The van der Waals surface area contributed by atoms with Crippen molar-refractivity contribution in [2.75, 3.05) is 22.1 Å². The Morgan fingerprint density at radius 2 is 1.67 bits per heavy atom. The minimum atomic E-state index is -1.06. The number of carboxylic acid groups (broad SMARTS) is 1. The van der Waals surface area contributed by atoms with E-state index in [4.69, 9.17) is 16.2 Å². The van der Waals surface area contributed by atoms with E-state index in [2.05, 4.69) is 0 Å². The molecule has 7 nitrogen and oxygen atoms in total. The number of aromatic carboxylic acids is 1. The molecule has 1 aliphatic heterocycles. The summed E-state index contributed by atoms with van der Waals surface area (Å²) >= 11 is 0. The van der Waals surface area contributed by atoms with Crippen molar-refractivity contribution in [1.82, 2.24) is 0 Å². The van der Waals surface area contributed by atoms with Crippen LogP contribution in [-0.2, 0) is 4.79 Å². The normalized spacial score (nSPS) is 13.2. The Morgan fingerprint density at radius 3 is 2.27 bits per heavy atom. The first kappa shape index (κ1) is 19.1. The zero-order valence-electron chi connectivity index (χ0n) is 15.7. The summed E-state index contributed by atoms with van der Waals surface area (Å²) in [4.78, 5) is 27.4. The number of rotatable bonds is 4. The third-order valence-electron chi connectivity index (χ3n) is 4.92. The Hall–Kier alpha value is -4.20. The van der Waals surface area contributed by atoms with E-state index in [0.29, 0.717) is 34.0 Å². The largest absolute Gasteiger partial charge is 0.478 e. The van der Waals surface area contributed by atoms with Crippen LogP contribution in [0, 0.1) is 11.2 Å². The molecule has 150 valence electrons. The van der Waals surface area contributed by atoms with Crippen LogP contribution in [0.1, 0.15) is 15.9 Å². The molecule has 0 aromatic heterocycles. The molecule has 3 aromatic rings. The standard InChI is InChI=1S/C22H17FN4O3/c23-15-3-7-16(8-4-15)26-12-21(28)27(17-5-1-13(2-6-17)22(29)30)20-10-18(25)14(11-24)9-19(20)26/h1-11,24H,12,25H2,(H,29,30). The Morgan fingerprint density at radius 1 is 1.03 bits per heavy atom. The van der Waals surface area contributed by atoms with E-state index < -0.39 is 5.97 Å². The number of amides is 1. The van der Waals surface area contributed by atoms with Crippen molar-refractivity contribution in [3.8, 4) is 0 Å². The van der Waals surface area contributed by atoms with Gasteiger partial charge in [-0.1, -0.05) is 0 Å². The van der Waals surface area contributed by atoms with Gasteiger partial charge in [0.25, 0.3) is 5.91 Å². The highest BCUT2D eigenvalue weighted by Gasteiger charge is 2.32. The van der Waals surface area contributed by atoms with Crippen molar-refractivity contribution in [1.29, 1.82) is 5.41 Å². The summed E-state index contributed by atoms with van der Waals surface area (Å²) in [6, 6.07) is 15.0. The first-order valence-electron chi connectivity index (χ1n) is 9.02. The lowest BCUT2D eigenvalue weighted by Crippen LogP contribution is -2.41. The van der Waals surface area contributed by atoms with Gasteiger partial charge >= 0.3 is 5.97 Å². The van der Waals surface area contributed by atoms with Crippen molar-refractivity contribution in [2.45, 2.75) is 0 Å². The average Bonchev–Trinajstić information content (AvgIpc) is 2.73. The lowest BCUT2D eigenvalue weighted by Gasteiger charge is -2.38. The molecule has 0 spiro atoms. The minimum absolute atomic E-state index is 0.0271. The number of nitrogens with one attached hydrogen (secondary N) is 1. The molecule has 1 heterocycles. The minimum Gasteiger partial charge on any atom is -0.478 e. The van der Waals surface area contributed by atoms with E-state index in [9.17, 15) is 14.0 Å². The van der Waals surface area contributed by atoms with Crippen molar-refractivity contribution in [2.24, 2.45) is 0 Å². The molecular weight excluding hydrogens is 387 g/mol. The molecule has 0 saturated carbocycles. The number of nitrogens with zero attached hydrogens (tertiary/aromatic N) is 2. The van der Waals surface area contributed by atoms with Crippen LogP contribution in [-0.4, -0.2) is 29.7 Å². The molecule has 0 radical (unpaired) electrons. The van der Waals surface area contributed by atoms with Gasteiger partial charge in [-0.25, -0.2) is 9.18 Å². The SMILES string of the molecule is N=Cc1cc2c(cc1N)N(c1ccc(C(=O)O)cc1)C(=O)CN2c1ccc(F)cc1. The first-order chi connectivity index (χ1) is 14.4. The van der Waals surface area contributed by atoms with Crippen molar-refractivity contribution in [3.63, 3.8) is 0 Å². The van der Waals surface area contributed by atoms with E-state index in [1.54, 1.807) is 41.3 Å². The number of carbonyl (C=O) groups excluding carboxylic acids is 1. The number of hydrogen-bond donors (Lipinski definition) is 3. The highest BCUT2D eigenvalue weighted by Crippen LogP contribution is 2.43. The number of anilines is 5. The molecular formula is C22H17FN4O3. The number of carbonyl (C=O) groups is 2. The number of halogens is 1. The maximum absolute atomic E-state index is 13.4. The fourth-order valence-corrected chi connectivity index (χ4v) is 3.44. The van der Waals surface area contributed by atoms with Crippen LogP contribution in [0.25, 0.3) is 0 Å². The molecule has 0 bridgehead atoms. The summed E-state index contributed by atoms with van der Waals surface area (Å²) in [5.74, 6) is -1.72. The van der Waals surface area contributed by atoms with Crippen LogP contribution in [0.3, 0.4) is 0 Å². The summed E-state index contributed by atoms with van der Waals surface area (Å²) in [5, 5.41) is 16.7. The molecule has 0 unspecified atom stereocenters. The highest BCUT2D eigenvalue weighted by atomic mass is 19.1. The van der Waals surface area contributed by atoms with Gasteiger partial charge in [-0.3, -0.25) is 9.69 Å². The van der Waals surface area contributed by atoms with Crippen LogP contribution in [0.4, 0.5) is 32.8 Å². The predicted molar refractivity (Wildman–Crippen MR) is 113 cm³/mol. The van der Waals surface area contributed by atoms with E-state index in [0.717, 1.165) is 6.21 Å². The predicted octanol–water partition coefficient (Wildman–Crippen LogP) is 3.92. The smallest absolute Gasteiger partial charge is 0.335 e. The monoisotopic (exact) mass is 404 g/mol. The topological polar surface area (TPSA) is 111 Å². The van der Waals surface area contributed by atoms with Gasteiger partial charge in [0.15, 0.2) is 0 Å². The molecule has 4 rings (SSSR count). The molecule has 0 fully saturated rings. The summed E-state index contributed by atoms with van der Waals surface area (Å²) < 4.78 is 13.4. The maximum atomic E-state index is 13.4. The van der Waals surface area contributed by atoms with Crippen LogP contribution in [0.15, 0.2) is 60.7 Å². The quantitative estimate of drug-likeness (QED) is 0.451. The van der Waals surface area contributed by atoms with Gasteiger partial charge in [0.2, 0.25) is 0 Å². The Kier molecular flexibility index (Phi) is 4.67. The van der Waals surface area contributed by atoms with Crippen LogP contribution < -0.4 is 15.5 Å². The van der Waals surface area contributed by atoms with Gasteiger partial charge in [0.05, 0.1) is 16.9 Å². The molecule has 3 aromatic carbocycles. The Bertz CT molecular complexity index is 1160. The van der Waals surface area contributed by atoms with E-state index in [1.165, 1.54) is 29.2 Å². The van der Waals surface area contributed by atoms with Crippen molar-refractivity contribution < 1.29 is 19.1 Å². The second kappa shape index (κ2) is 7.32. The van der Waals surface area contributed by atoms with Gasteiger partial charge < -0.3 is 21.1 Å². The molecule has 4 N–H and O–H groups in total. The molecule has 30 heavy (non-hydrogen) atoms. The third-order valence-corrected chi connectivity index (χ3v) is 4.92. The maximum Gasteiger partial charge on any atom is 0.335 e. The van der Waals surface area contributed by atoms with Gasteiger partial charge in [-0.2, -0.15) is 0 Å². The van der Waals surface area contributed by atoms with E-state index in [-0.39, 0.29) is 23.8 Å². The third kappa shape index (κ3) is 3.24. The molecule has 0 atom stereocenters. The summed E-state index contributed by atoms with van der Waals surface area (Å²) in [6.07, 6.45) is 1.13. The van der Waals surface area contributed by atoms with Crippen LogP contribution in [0.5, 0.6) is 0 Å². The van der Waals surface area contributed by atoms with E-state index in [1.807, 2.05) is 0 Å². The number of benzene rings is 3. The number of fused-ring (bicyclic) bond motifs is 1. The highest BCUT2D eigenvalue weighted by molar-refractivity contribution is 6.11. The Labute approximate surface area is 171 Å². The van der Waals surface area contributed by atoms with Crippen LogP contribution >= 0.6 is 0 Å². The van der Waals surface area contributed by atoms with Gasteiger partial charge in [0, 0.05) is 28.8 Å². The Balaban J connectivity index is 1.87. The van der Waals surface area contributed by atoms with Gasteiger partial charge in [0.1, 0.15) is 12.4 Å².